The van der Waals surface area contributed by atoms with E-state index < -0.39 is 0 Å². The smallest absolute Gasteiger partial charge is 0.000577 e. The van der Waals surface area contributed by atoms with E-state index in [-0.39, 0.29) is 0 Å². The second-order valence-corrected chi connectivity index (χ2v) is 3.50. The van der Waals surface area contributed by atoms with Gasteiger partial charge in [-0.05, 0) is 23.9 Å². The lowest BCUT2D eigenvalue weighted by molar-refractivity contribution is 0.506. The maximum Gasteiger partial charge on any atom is -0.000577 e. The largest absolute Gasteiger partial charge is 0.330 e. The Labute approximate surface area is 74.6 Å². The summed E-state index contributed by atoms with van der Waals surface area (Å²) in [6, 6.07) is 10.5. The molecule has 1 atom stereocenters. The van der Waals surface area contributed by atoms with E-state index in [9.17, 15) is 0 Å². The summed E-state index contributed by atoms with van der Waals surface area (Å²) in [6.07, 6.45) is 0. The summed E-state index contributed by atoms with van der Waals surface area (Å²) >= 11 is 0. The molecule has 0 saturated heterocycles. The monoisotopic (exact) mass is 163 g/mol. The van der Waals surface area contributed by atoms with E-state index >= 15 is 0 Å². The molecule has 1 aromatic rings. The van der Waals surface area contributed by atoms with Gasteiger partial charge in [-0.3, -0.25) is 0 Å². The van der Waals surface area contributed by atoms with Crippen LogP contribution in [0.2, 0.25) is 0 Å². The molecule has 0 radical (unpaired) electrons. The molecule has 0 fully saturated rings. The van der Waals surface area contributed by atoms with Crippen molar-refractivity contribution in [2.75, 3.05) is 6.54 Å². The van der Waals surface area contributed by atoms with Gasteiger partial charge in [0.25, 0.3) is 0 Å². The summed E-state index contributed by atoms with van der Waals surface area (Å²) in [7, 11) is 0. The standard InChI is InChI=1S/C11H17N/c1-9(2)11(8-12)10-6-4-3-5-7-10/h3-7,9,11H,8,12H2,1-2H3/t11-/m1/s1. The first-order valence-electron chi connectivity index (χ1n) is 4.50. The van der Waals surface area contributed by atoms with Crippen LogP contribution in [0.15, 0.2) is 30.3 Å². The second kappa shape index (κ2) is 4.27. The molecule has 66 valence electrons. The molecule has 0 aliphatic heterocycles. The van der Waals surface area contributed by atoms with E-state index in [1.165, 1.54) is 5.56 Å². The molecule has 0 aliphatic rings. The number of benzene rings is 1. The molecule has 12 heavy (non-hydrogen) atoms. The average Bonchev–Trinajstić information content (AvgIpc) is 2.07. The number of hydrogen-bond donors (Lipinski definition) is 1. The van der Waals surface area contributed by atoms with E-state index in [4.69, 9.17) is 5.73 Å². The van der Waals surface area contributed by atoms with Gasteiger partial charge in [-0.15, -0.1) is 0 Å². The average molecular weight is 163 g/mol. The van der Waals surface area contributed by atoms with Gasteiger partial charge in [-0.2, -0.15) is 0 Å². The molecule has 2 N–H and O–H groups in total. The van der Waals surface area contributed by atoms with Gasteiger partial charge < -0.3 is 5.73 Å². The van der Waals surface area contributed by atoms with E-state index in [0.717, 1.165) is 6.54 Å². The molecule has 1 aromatic carbocycles. The van der Waals surface area contributed by atoms with Gasteiger partial charge in [-0.1, -0.05) is 44.2 Å². The van der Waals surface area contributed by atoms with Gasteiger partial charge in [0.05, 0.1) is 0 Å². The SMILES string of the molecule is CC(C)[C@@H](CN)c1ccccc1. The lowest BCUT2D eigenvalue weighted by Gasteiger charge is -2.18. The Morgan fingerprint density at radius 3 is 2.17 bits per heavy atom. The third kappa shape index (κ3) is 2.08. The maximum absolute atomic E-state index is 5.71. The van der Waals surface area contributed by atoms with E-state index in [2.05, 4.69) is 38.1 Å². The van der Waals surface area contributed by atoms with E-state index in [1.807, 2.05) is 6.07 Å². The molecule has 0 unspecified atom stereocenters. The van der Waals surface area contributed by atoms with Crippen molar-refractivity contribution in [2.24, 2.45) is 11.7 Å². The fourth-order valence-corrected chi connectivity index (χ4v) is 1.49. The van der Waals surface area contributed by atoms with Gasteiger partial charge >= 0.3 is 0 Å². The van der Waals surface area contributed by atoms with Crippen LogP contribution in [0.4, 0.5) is 0 Å². The van der Waals surface area contributed by atoms with Crippen LogP contribution in [0.5, 0.6) is 0 Å². The highest BCUT2D eigenvalue weighted by Crippen LogP contribution is 2.22. The minimum atomic E-state index is 0.506. The van der Waals surface area contributed by atoms with Crippen LogP contribution in [-0.2, 0) is 0 Å². The molecular formula is C11H17N. The summed E-state index contributed by atoms with van der Waals surface area (Å²) < 4.78 is 0. The summed E-state index contributed by atoms with van der Waals surface area (Å²) in [6.45, 7) is 5.16. The van der Waals surface area contributed by atoms with Crippen molar-refractivity contribution in [2.45, 2.75) is 19.8 Å². The predicted molar refractivity (Wildman–Crippen MR) is 53.1 cm³/mol. The number of rotatable bonds is 3. The van der Waals surface area contributed by atoms with Gasteiger partial charge in [0.1, 0.15) is 0 Å². The van der Waals surface area contributed by atoms with Gasteiger partial charge in [-0.25, -0.2) is 0 Å². The van der Waals surface area contributed by atoms with Crippen LogP contribution < -0.4 is 5.73 Å². The Balaban J connectivity index is 2.80. The van der Waals surface area contributed by atoms with E-state index in [1.54, 1.807) is 0 Å². The summed E-state index contributed by atoms with van der Waals surface area (Å²) in [5, 5.41) is 0. The maximum atomic E-state index is 5.71. The Morgan fingerprint density at radius 1 is 1.17 bits per heavy atom. The van der Waals surface area contributed by atoms with Crippen LogP contribution in [0, 0.1) is 5.92 Å². The van der Waals surface area contributed by atoms with Crippen LogP contribution in [0.1, 0.15) is 25.3 Å². The Morgan fingerprint density at radius 2 is 1.75 bits per heavy atom. The first-order chi connectivity index (χ1) is 5.75. The molecule has 0 heterocycles. The van der Waals surface area contributed by atoms with Crippen LogP contribution in [-0.4, -0.2) is 6.54 Å². The zero-order valence-electron chi connectivity index (χ0n) is 7.83. The van der Waals surface area contributed by atoms with Crippen LogP contribution in [0.25, 0.3) is 0 Å². The van der Waals surface area contributed by atoms with Crippen molar-refractivity contribution in [3.05, 3.63) is 35.9 Å². The summed E-state index contributed by atoms with van der Waals surface area (Å²) in [4.78, 5) is 0. The lowest BCUT2D eigenvalue weighted by atomic mass is 9.89. The third-order valence-corrected chi connectivity index (χ3v) is 2.29. The van der Waals surface area contributed by atoms with Crippen molar-refractivity contribution in [3.63, 3.8) is 0 Å². The molecule has 0 amide bonds. The predicted octanol–water partition coefficient (Wildman–Crippen LogP) is 2.38. The second-order valence-electron chi connectivity index (χ2n) is 3.50. The molecule has 0 aromatic heterocycles. The van der Waals surface area contributed by atoms with Crippen molar-refractivity contribution < 1.29 is 0 Å². The summed E-state index contributed by atoms with van der Waals surface area (Å²) in [5.41, 5.74) is 7.06. The first kappa shape index (κ1) is 9.27. The normalized spacial score (nSPS) is 13.3. The zero-order valence-corrected chi connectivity index (χ0v) is 7.83. The highest BCUT2D eigenvalue weighted by atomic mass is 14.6. The molecule has 0 bridgehead atoms. The highest BCUT2D eigenvalue weighted by Gasteiger charge is 2.12. The van der Waals surface area contributed by atoms with Gasteiger partial charge in [0.15, 0.2) is 0 Å². The number of hydrogen-bond acceptors (Lipinski definition) is 1. The van der Waals surface area contributed by atoms with Crippen molar-refractivity contribution in [1.29, 1.82) is 0 Å². The minimum absolute atomic E-state index is 0.506. The molecule has 0 aliphatic carbocycles. The van der Waals surface area contributed by atoms with Crippen LogP contribution in [0.3, 0.4) is 0 Å². The molecule has 0 spiro atoms. The van der Waals surface area contributed by atoms with Gasteiger partial charge in [0, 0.05) is 0 Å². The van der Waals surface area contributed by atoms with Crippen molar-refractivity contribution in [1.82, 2.24) is 0 Å². The van der Waals surface area contributed by atoms with Crippen molar-refractivity contribution in [3.8, 4) is 0 Å². The summed E-state index contributed by atoms with van der Waals surface area (Å²) in [5.74, 6) is 1.13. The Kier molecular flexibility index (Phi) is 3.30. The molecule has 1 nitrogen and oxygen atoms in total. The van der Waals surface area contributed by atoms with Gasteiger partial charge in [0.2, 0.25) is 0 Å². The first-order valence-corrected chi connectivity index (χ1v) is 4.50. The Hall–Kier alpha value is -0.820. The molecule has 0 saturated carbocycles. The zero-order chi connectivity index (χ0) is 8.97. The topological polar surface area (TPSA) is 26.0 Å². The van der Waals surface area contributed by atoms with Crippen LogP contribution >= 0.6 is 0 Å². The lowest BCUT2D eigenvalue weighted by Crippen LogP contribution is -2.17. The fraction of sp³-hybridized carbons (Fsp3) is 0.455. The molecule has 1 rings (SSSR count). The molecular weight excluding hydrogens is 146 g/mol. The number of nitrogens with two attached hydrogens (primary N) is 1. The third-order valence-electron chi connectivity index (χ3n) is 2.29. The van der Waals surface area contributed by atoms with Crippen molar-refractivity contribution >= 4 is 0 Å². The minimum Gasteiger partial charge on any atom is -0.330 e. The Bertz CT molecular complexity index is 216. The van der Waals surface area contributed by atoms with E-state index in [0.29, 0.717) is 11.8 Å². The quantitative estimate of drug-likeness (QED) is 0.727. The highest BCUT2D eigenvalue weighted by molar-refractivity contribution is 5.20. The fourth-order valence-electron chi connectivity index (χ4n) is 1.49. The molecule has 1 heteroatoms.